The third-order valence-corrected chi connectivity index (χ3v) is 5.67. The average molecular weight is 445 g/mol. The second-order valence-corrected chi connectivity index (χ2v) is 7.78. The third-order valence-electron chi connectivity index (χ3n) is 5.67. The molecule has 1 aromatic carbocycles. The zero-order valence-corrected chi connectivity index (χ0v) is 18.6. The van der Waals surface area contributed by atoms with E-state index in [1.165, 1.54) is 0 Å². The van der Waals surface area contributed by atoms with E-state index in [1.54, 1.807) is 28.4 Å². The second-order valence-electron chi connectivity index (χ2n) is 7.78. The van der Waals surface area contributed by atoms with Crippen molar-refractivity contribution >= 4 is 17.4 Å². The van der Waals surface area contributed by atoms with Gasteiger partial charge in [0.2, 0.25) is 5.91 Å². The molecule has 3 aromatic heterocycles. The third kappa shape index (κ3) is 3.49. The summed E-state index contributed by atoms with van der Waals surface area (Å²) in [7, 11) is 1.59. The highest BCUT2D eigenvalue weighted by Gasteiger charge is 2.33. The summed E-state index contributed by atoms with van der Waals surface area (Å²) in [4.78, 5) is 12.7. The fraction of sp³-hybridized carbons (Fsp3) is 0.261. The van der Waals surface area contributed by atoms with Crippen LogP contribution in [0.15, 0.2) is 43.0 Å². The van der Waals surface area contributed by atoms with Gasteiger partial charge in [0.05, 0.1) is 12.8 Å². The van der Waals surface area contributed by atoms with E-state index < -0.39 is 0 Å². The Kier molecular flexibility index (Phi) is 5.04. The number of hydrogen-bond acceptors (Lipinski definition) is 7. The Hall–Kier alpha value is -4.21. The first-order valence-electron chi connectivity index (χ1n) is 10.5. The lowest BCUT2D eigenvalue weighted by molar-refractivity contribution is -0.116. The topological polar surface area (TPSA) is 108 Å². The number of aryl methyl sites for hydroxylation is 2. The molecular formula is C23H23N7O3. The number of nitrogens with one attached hydrogen (secondary N) is 1. The molecule has 168 valence electrons. The van der Waals surface area contributed by atoms with Gasteiger partial charge in [-0.1, -0.05) is 18.7 Å². The first-order chi connectivity index (χ1) is 16.0. The van der Waals surface area contributed by atoms with Gasteiger partial charge < -0.3 is 14.8 Å². The molecule has 0 bridgehead atoms. The van der Waals surface area contributed by atoms with Gasteiger partial charge in [0.1, 0.15) is 12.4 Å². The van der Waals surface area contributed by atoms with Crippen molar-refractivity contribution in [3.8, 4) is 17.3 Å². The summed E-state index contributed by atoms with van der Waals surface area (Å²) in [6.07, 6.45) is 1.97. The molecule has 33 heavy (non-hydrogen) atoms. The molecule has 0 unspecified atom stereocenters. The molecule has 0 fully saturated rings. The number of methoxy groups -OCH3 is 1. The lowest BCUT2D eigenvalue weighted by atomic mass is 9.85. The second kappa shape index (κ2) is 8.05. The molecule has 0 saturated heterocycles. The predicted octanol–water partition coefficient (Wildman–Crippen LogP) is 2.97. The number of anilines is 1. The average Bonchev–Trinajstić information content (AvgIpc) is 3.36. The van der Waals surface area contributed by atoms with Gasteiger partial charge in [-0.05, 0) is 43.7 Å². The molecule has 10 nitrogen and oxygen atoms in total. The van der Waals surface area contributed by atoms with Crippen LogP contribution in [0.4, 0.5) is 5.82 Å². The minimum absolute atomic E-state index is 0.0962. The minimum Gasteiger partial charge on any atom is -0.493 e. The fourth-order valence-corrected chi connectivity index (χ4v) is 4.17. The standard InChI is InChI=1S/C23H23N7O3/c1-5-10-33-17-7-6-15(11-18(17)32-4)16-12-21(31)24-23-22(16)13(2)27-30(23)20-9-8-19-26-25-14(3)29(19)28-20/h5-9,11,16H,1,10,12H2,2-4H3,(H,24,31)/t16-/m1/s1. The van der Waals surface area contributed by atoms with E-state index in [-0.39, 0.29) is 11.8 Å². The molecule has 4 heterocycles. The zero-order chi connectivity index (χ0) is 23.1. The smallest absolute Gasteiger partial charge is 0.226 e. The summed E-state index contributed by atoms with van der Waals surface area (Å²) in [5.74, 6) is 2.76. The van der Waals surface area contributed by atoms with Crippen molar-refractivity contribution in [1.82, 2.24) is 29.6 Å². The summed E-state index contributed by atoms with van der Waals surface area (Å²) >= 11 is 0. The van der Waals surface area contributed by atoms with Crippen LogP contribution < -0.4 is 14.8 Å². The fourth-order valence-electron chi connectivity index (χ4n) is 4.17. The Morgan fingerprint density at radius 3 is 2.82 bits per heavy atom. The van der Waals surface area contributed by atoms with E-state index in [9.17, 15) is 4.79 Å². The van der Waals surface area contributed by atoms with E-state index in [0.717, 1.165) is 16.8 Å². The Balaban J connectivity index is 1.60. The van der Waals surface area contributed by atoms with Crippen LogP contribution >= 0.6 is 0 Å². The molecule has 1 aliphatic heterocycles. The maximum absolute atomic E-state index is 12.7. The molecule has 0 radical (unpaired) electrons. The van der Waals surface area contributed by atoms with Gasteiger partial charge in [-0.3, -0.25) is 4.79 Å². The molecule has 1 atom stereocenters. The SMILES string of the molecule is C=CCOc1ccc([C@H]2CC(=O)Nc3c2c(C)nn3-c2ccc3nnc(C)n3n2)cc1OC. The van der Waals surface area contributed by atoms with Crippen molar-refractivity contribution in [2.24, 2.45) is 0 Å². The number of rotatable bonds is 6. The zero-order valence-electron chi connectivity index (χ0n) is 18.6. The van der Waals surface area contributed by atoms with E-state index in [4.69, 9.17) is 14.6 Å². The van der Waals surface area contributed by atoms with Crippen LogP contribution in [0.3, 0.4) is 0 Å². The van der Waals surface area contributed by atoms with Crippen LogP contribution in [0, 0.1) is 13.8 Å². The number of carbonyl (C=O) groups is 1. The molecule has 1 N–H and O–H groups in total. The minimum atomic E-state index is -0.190. The maximum atomic E-state index is 12.7. The van der Waals surface area contributed by atoms with Gasteiger partial charge in [0.15, 0.2) is 28.8 Å². The summed E-state index contributed by atoms with van der Waals surface area (Å²) in [5, 5.41) is 20.4. The van der Waals surface area contributed by atoms with E-state index >= 15 is 0 Å². The molecule has 4 aromatic rings. The Morgan fingerprint density at radius 2 is 2.03 bits per heavy atom. The molecule has 5 rings (SSSR count). The number of ether oxygens (including phenoxy) is 2. The molecule has 1 amide bonds. The number of nitrogens with zero attached hydrogens (tertiary/aromatic N) is 6. The van der Waals surface area contributed by atoms with Gasteiger partial charge in [-0.2, -0.15) is 14.3 Å². The van der Waals surface area contributed by atoms with Crippen molar-refractivity contribution in [1.29, 1.82) is 0 Å². The summed E-state index contributed by atoms with van der Waals surface area (Å²) in [6.45, 7) is 7.81. The number of benzene rings is 1. The molecule has 0 spiro atoms. The first-order valence-corrected chi connectivity index (χ1v) is 10.5. The van der Waals surface area contributed by atoms with E-state index in [2.05, 4.69) is 27.2 Å². The molecular weight excluding hydrogens is 422 g/mol. The lowest BCUT2D eigenvalue weighted by Gasteiger charge is -2.25. The Bertz CT molecular complexity index is 1390. The van der Waals surface area contributed by atoms with E-state index in [1.807, 2.05) is 38.1 Å². The predicted molar refractivity (Wildman–Crippen MR) is 121 cm³/mol. The highest BCUT2D eigenvalue weighted by molar-refractivity contribution is 5.95. The Morgan fingerprint density at radius 1 is 1.18 bits per heavy atom. The van der Waals surface area contributed by atoms with Crippen LogP contribution in [0.1, 0.15) is 35.0 Å². The van der Waals surface area contributed by atoms with Crippen molar-refractivity contribution in [3.05, 3.63) is 65.6 Å². The van der Waals surface area contributed by atoms with Gasteiger partial charge in [0, 0.05) is 17.9 Å². The van der Waals surface area contributed by atoms with Crippen molar-refractivity contribution in [2.45, 2.75) is 26.2 Å². The monoisotopic (exact) mass is 445 g/mol. The number of carbonyl (C=O) groups excluding carboxylic acids is 1. The van der Waals surface area contributed by atoms with Crippen molar-refractivity contribution in [2.75, 3.05) is 19.0 Å². The van der Waals surface area contributed by atoms with Crippen LogP contribution in [0.25, 0.3) is 11.5 Å². The van der Waals surface area contributed by atoms with Gasteiger partial charge in [-0.15, -0.1) is 15.3 Å². The van der Waals surface area contributed by atoms with Crippen molar-refractivity contribution in [3.63, 3.8) is 0 Å². The molecule has 10 heteroatoms. The summed E-state index contributed by atoms with van der Waals surface area (Å²) < 4.78 is 14.5. The quantitative estimate of drug-likeness (QED) is 0.455. The van der Waals surface area contributed by atoms with Crippen LogP contribution in [0.5, 0.6) is 11.5 Å². The highest BCUT2D eigenvalue weighted by Crippen LogP contribution is 2.42. The largest absolute Gasteiger partial charge is 0.493 e. The van der Waals surface area contributed by atoms with Gasteiger partial charge in [-0.25, -0.2) is 0 Å². The van der Waals surface area contributed by atoms with Gasteiger partial charge >= 0.3 is 0 Å². The number of fused-ring (bicyclic) bond motifs is 2. The molecule has 0 aliphatic carbocycles. The normalized spacial score (nSPS) is 15.2. The summed E-state index contributed by atoms with van der Waals surface area (Å²) in [6, 6.07) is 9.35. The summed E-state index contributed by atoms with van der Waals surface area (Å²) in [5.41, 5.74) is 3.33. The van der Waals surface area contributed by atoms with Crippen LogP contribution in [0.2, 0.25) is 0 Å². The van der Waals surface area contributed by atoms with Crippen LogP contribution in [-0.4, -0.2) is 49.2 Å². The van der Waals surface area contributed by atoms with Crippen LogP contribution in [-0.2, 0) is 4.79 Å². The van der Waals surface area contributed by atoms with Crippen molar-refractivity contribution < 1.29 is 14.3 Å². The first kappa shape index (κ1) is 20.7. The van der Waals surface area contributed by atoms with Gasteiger partial charge in [0.25, 0.3) is 0 Å². The number of aromatic nitrogens is 6. The molecule has 0 saturated carbocycles. The number of hydrogen-bond donors (Lipinski definition) is 1. The lowest BCUT2D eigenvalue weighted by Crippen LogP contribution is -2.25. The maximum Gasteiger partial charge on any atom is 0.226 e. The van der Waals surface area contributed by atoms with E-state index in [0.29, 0.717) is 47.6 Å². The molecule has 1 aliphatic rings. The highest BCUT2D eigenvalue weighted by atomic mass is 16.5. The Labute approximate surface area is 189 Å². The number of amides is 1.